The van der Waals surface area contributed by atoms with Crippen molar-refractivity contribution in [3.63, 3.8) is 0 Å². The molecular formula is C29H28N2O3. The normalized spacial score (nSPS) is 18.7. The summed E-state index contributed by atoms with van der Waals surface area (Å²) in [6.45, 7) is 4.23. The Morgan fingerprint density at radius 1 is 0.912 bits per heavy atom. The Hall–Kier alpha value is -3.86. The second-order valence-corrected chi connectivity index (χ2v) is 9.73. The van der Waals surface area contributed by atoms with Crippen molar-refractivity contribution in [1.82, 2.24) is 0 Å². The van der Waals surface area contributed by atoms with E-state index >= 15 is 0 Å². The molecule has 3 aromatic rings. The lowest BCUT2D eigenvalue weighted by atomic mass is 9.73. The highest BCUT2D eigenvalue weighted by atomic mass is 16.5. The summed E-state index contributed by atoms with van der Waals surface area (Å²) in [6.07, 6.45) is 1.21. The molecule has 1 aliphatic heterocycles. The predicted octanol–water partition coefficient (Wildman–Crippen LogP) is 6.15. The summed E-state index contributed by atoms with van der Waals surface area (Å²) in [4.78, 5) is 26.6. The molecule has 0 bridgehead atoms. The Kier molecular flexibility index (Phi) is 5.48. The maximum absolute atomic E-state index is 13.5. The summed E-state index contributed by atoms with van der Waals surface area (Å²) < 4.78 is 5.64. The molecular weight excluding hydrogens is 424 g/mol. The van der Waals surface area contributed by atoms with E-state index in [0.29, 0.717) is 17.5 Å². The number of benzene rings is 3. The molecule has 0 saturated heterocycles. The fourth-order valence-corrected chi connectivity index (χ4v) is 4.98. The van der Waals surface area contributed by atoms with Crippen LogP contribution in [0.1, 0.15) is 54.2 Å². The first kappa shape index (κ1) is 22.0. The van der Waals surface area contributed by atoms with Crippen molar-refractivity contribution >= 4 is 22.9 Å². The van der Waals surface area contributed by atoms with Crippen LogP contribution in [0.4, 0.5) is 11.4 Å². The summed E-state index contributed by atoms with van der Waals surface area (Å²) in [5.41, 5.74) is 5.24. The van der Waals surface area contributed by atoms with Gasteiger partial charge in [0.05, 0.1) is 24.5 Å². The van der Waals surface area contributed by atoms with Crippen LogP contribution in [0.3, 0.4) is 0 Å². The SMILES string of the molecule is COc1ccccc1[C@H]1Nc2ccc(C(=O)c3ccccc3)cc2NC2=C1C(=O)CC(C)(C)C2. The Morgan fingerprint density at radius 3 is 2.41 bits per heavy atom. The smallest absolute Gasteiger partial charge is 0.193 e. The summed E-state index contributed by atoms with van der Waals surface area (Å²) in [5.74, 6) is 0.810. The zero-order valence-electron chi connectivity index (χ0n) is 19.6. The minimum absolute atomic E-state index is 0.0371. The molecule has 0 fully saturated rings. The largest absolute Gasteiger partial charge is 0.496 e. The lowest BCUT2D eigenvalue weighted by molar-refractivity contribution is -0.118. The van der Waals surface area contributed by atoms with Gasteiger partial charge < -0.3 is 15.4 Å². The van der Waals surface area contributed by atoms with Crippen molar-refractivity contribution in [1.29, 1.82) is 0 Å². The van der Waals surface area contributed by atoms with Gasteiger partial charge in [-0.05, 0) is 36.1 Å². The van der Waals surface area contributed by atoms with Crippen molar-refractivity contribution in [2.45, 2.75) is 32.7 Å². The van der Waals surface area contributed by atoms with Crippen molar-refractivity contribution in [2.75, 3.05) is 17.7 Å². The standard InChI is InChI=1S/C29H28N2O3/c1-29(2)16-23-26(24(32)17-29)27(20-11-7-8-12-25(20)34-3)31-21-14-13-19(15-22(21)30-23)28(33)18-9-5-4-6-10-18/h4-15,27,30-31H,16-17H2,1-3H3/t27-/m1/s1. The van der Waals surface area contributed by atoms with E-state index in [2.05, 4.69) is 24.5 Å². The van der Waals surface area contributed by atoms with Gasteiger partial charge in [0, 0.05) is 34.4 Å². The molecule has 0 radical (unpaired) electrons. The summed E-state index contributed by atoms with van der Waals surface area (Å²) in [5, 5.41) is 7.12. The highest BCUT2D eigenvalue weighted by Gasteiger charge is 2.39. The minimum atomic E-state index is -0.362. The molecule has 1 aliphatic carbocycles. The van der Waals surface area contributed by atoms with Crippen LogP contribution < -0.4 is 15.4 Å². The van der Waals surface area contributed by atoms with Gasteiger partial charge in [-0.1, -0.05) is 62.4 Å². The number of methoxy groups -OCH3 is 1. The van der Waals surface area contributed by atoms with Crippen LogP contribution >= 0.6 is 0 Å². The number of anilines is 2. The molecule has 1 atom stereocenters. The third-order valence-electron chi connectivity index (χ3n) is 6.56. The highest BCUT2D eigenvalue weighted by molar-refractivity contribution is 6.10. The first-order valence-corrected chi connectivity index (χ1v) is 11.5. The monoisotopic (exact) mass is 452 g/mol. The highest BCUT2D eigenvalue weighted by Crippen LogP contribution is 2.47. The van der Waals surface area contributed by atoms with E-state index < -0.39 is 0 Å². The average molecular weight is 453 g/mol. The van der Waals surface area contributed by atoms with Gasteiger partial charge in [-0.3, -0.25) is 9.59 Å². The van der Waals surface area contributed by atoms with Gasteiger partial charge in [-0.25, -0.2) is 0 Å². The first-order chi connectivity index (χ1) is 16.4. The molecule has 34 heavy (non-hydrogen) atoms. The molecule has 0 amide bonds. The Labute approximate surface area is 199 Å². The van der Waals surface area contributed by atoms with Crippen LogP contribution in [0.25, 0.3) is 0 Å². The number of hydrogen-bond acceptors (Lipinski definition) is 5. The van der Waals surface area contributed by atoms with Crippen LogP contribution in [-0.4, -0.2) is 18.7 Å². The van der Waals surface area contributed by atoms with Gasteiger partial charge in [0.2, 0.25) is 0 Å². The first-order valence-electron chi connectivity index (χ1n) is 11.5. The lowest BCUT2D eigenvalue weighted by Gasteiger charge is -2.34. The summed E-state index contributed by atoms with van der Waals surface area (Å²) in [7, 11) is 1.64. The molecule has 2 N–H and O–H groups in total. The number of allylic oxidation sites excluding steroid dienone is 1. The van der Waals surface area contributed by atoms with E-state index in [4.69, 9.17) is 4.74 Å². The maximum atomic E-state index is 13.5. The van der Waals surface area contributed by atoms with E-state index in [0.717, 1.165) is 40.4 Å². The summed E-state index contributed by atoms with van der Waals surface area (Å²) >= 11 is 0. The number of carbonyl (C=O) groups excluding carboxylic acids is 2. The van der Waals surface area contributed by atoms with Gasteiger partial charge in [0.1, 0.15) is 5.75 Å². The number of Topliss-reactive ketones (excluding diaryl/α,β-unsaturated/α-hetero) is 1. The Morgan fingerprint density at radius 2 is 1.65 bits per heavy atom. The van der Waals surface area contributed by atoms with Crippen LogP contribution in [0.5, 0.6) is 5.75 Å². The van der Waals surface area contributed by atoms with Crippen molar-refractivity contribution < 1.29 is 14.3 Å². The molecule has 3 aromatic carbocycles. The number of fused-ring (bicyclic) bond motifs is 1. The number of hydrogen-bond donors (Lipinski definition) is 2. The maximum Gasteiger partial charge on any atom is 0.193 e. The third-order valence-corrected chi connectivity index (χ3v) is 6.56. The van der Waals surface area contributed by atoms with Crippen LogP contribution in [0.15, 0.2) is 84.1 Å². The van der Waals surface area contributed by atoms with Gasteiger partial charge >= 0.3 is 0 Å². The quantitative estimate of drug-likeness (QED) is 0.465. The van der Waals surface area contributed by atoms with E-state index in [9.17, 15) is 9.59 Å². The molecule has 5 rings (SSSR count). The van der Waals surface area contributed by atoms with Gasteiger partial charge in [0.25, 0.3) is 0 Å². The Balaban J connectivity index is 1.63. The number of nitrogens with one attached hydrogen (secondary N) is 2. The van der Waals surface area contributed by atoms with Gasteiger partial charge in [-0.15, -0.1) is 0 Å². The van der Waals surface area contributed by atoms with Crippen LogP contribution in [0.2, 0.25) is 0 Å². The molecule has 0 saturated carbocycles. The molecule has 2 aliphatic rings. The molecule has 172 valence electrons. The van der Waals surface area contributed by atoms with Crippen LogP contribution in [0, 0.1) is 5.41 Å². The Bertz CT molecular complexity index is 1310. The van der Waals surface area contributed by atoms with Crippen molar-refractivity contribution in [3.05, 3.63) is 101 Å². The third kappa shape index (κ3) is 3.98. The lowest BCUT2D eigenvalue weighted by Crippen LogP contribution is -2.31. The topological polar surface area (TPSA) is 67.4 Å². The molecule has 0 unspecified atom stereocenters. The molecule has 1 heterocycles. The predicted molar refractivity (Wildman–Crippen MR) is 134 cm³/mol. The van der Waals surface area contributed by atoms with Crippen molar-refractivity contribution in [3.8, 4) is 5.75 Å². The summed E-state index contributed by atoms with van der Waals surface area (Å²) in [6, 6.07) is 22.3. The zero-order chi connectivity index (χ0) is 23.9. The number of rotatable bonds is 4. The van der Waals surface area contributed by atoms with E-state index in [-0.39, 0.29) is 23.0 Å². The fourth-order valence-electron chi connectivity index (χ4n) is 4.98. The van der Waals surface area contributed by atoms with Crippen molar-refractivity contribution in [2.24, 2.45) is 5.41 Å². The van der Waals surface area contributed by atoms with E-state index in [1.54, 1.807) is 7.11 Å². The molecule has 0 aromatic heterocycles. The van der Waals surface area contributed by atoms with E-state index in [1.807, 2.05) is 72.8 Å². The minimum Gasteiger partial charge on any atom is -0.496 e. The fraction of sp³-hybridized carbons (Fsp3) is 0.241. The van der Waals surface area contributed by atoms with Crippen LogP contribution in [-0.2, 0) is 4.79 Å². The number of ketones is 2. The number of ether oxygens (including phenoxy) is 1. The molecule has 5 nitrogen and oxygen atoms in total. The second-order valence-electron chi connectivity index (χ2n) is 9.73. The number of carbonyl (C=O) groups is 2. The number of para-hydroxylation sites is 1. The average Bonchev–Trinajstić information content (AvgIpc) is 2.99. The van der Waals surface area contributed by atoms with E-state index in [1.165, 1.54) is 0 Å². The van der Waals surface area contributed by atoms with Gasteiger partial charge in [0.15, 0.2) is 11.6 Å². The zero-order valence-corrected chi connectivity index (χ0v) is 19.6. The van der Waals surface area contributed by atoms with Gasteiger partial charge in [-0.2, -0.15) is 0 Å². The molecule has 0 spiro atoms. The molecule has 5 heteroatoms. The second kappa shape index (κ2) is 8.49.